The van der Waals surface area contributed by atoms with Crippen molar-refractivity contribution in [2.45, 2.75) is 12.5 Å². The number of carbonyl (C=O) groups is 1. The van der Waals surface area contributed by atoms with Crippen LogP contribution in [-0.2, 0) is 0 Å². The van der Waals surface area contributed by atoms with E-state index in [4.69, 9.17) is 0 Å². The maximum absolute atomic E-state index is 13.8. The van der Waals surface area contributed by atoms with Crippen LogP contribution in [0.4, 0.5) is 10.1 Å². The molecule has 0 spiro atoms. The van der Waals surface area contributed by atoms with Crippen molar-refractivity contribution >= 4 is 11.6 Å². The van der Waals surface area contributed by atoms with Gasteiger partial charge in [0.2, 0.25) is 0 Å². The van der Waals surface area contributed by atoms with Crippen LogP contribution in [0.2, 0.25) is 0 Å². The van der Waals surface area contributed by atoms with Gasteiger partial charge in [0.25, 0.3) is 11.6 Å². The van der Waals surface area contributed by atoms with Crippen molar-refractivity contribution in [1.29, 1.82) is 0 Å². The number of nitrogens with one attached hydrogen (secondary N) is 1. The normalized spacial score (nSPS) is 24.8. The van der Waals surface area contributed by atoms with Crippen LogP contribution in [0.1, 0.15) is 16.8 Å². The van der Waals surface area contributed by atoms with Gasteiger partial charge in [-0.2, -0.15) is 0 Å². The molecule has 3 rings (SSSR count). The molecule has 0 aliphatic carbocycles. The third-order valence-electron chi connectivity index (χ3n) is 4.10. The minimum atomic E-state index is -0.713. The second-order valence-electron chi connectivity index (χ2n) is 5.19. The van der Waals surface area contributed by atoms with Crippen molar-refractivity contribution < 1.29 is 14.1 Å². The van der Waals surface area contributed by atoms with Crippen LogP contribution in [0.25, 0.3) is 0 Å². The Morgan fingerprint density at radius 1 is 1.45 bits per heavy atom. The van der Waals surface area contributed by atoms with Gasteiger partial charge in [-0.3, -0.25) is 14.9 Å². The molecule has 6 nitrogen and oxygen atoms in total. The highest BCUT2D eigenvalue weighted by Crippen LogP contribution is 2.29. The molecule has 1 amide bonds. The highest BCUT2D eigenvalue weighted by atomic mass is 19.1. The van der Waals surface area contributed by atoms with E-state index in [-0.39, 0.29) is 17.3 Å². The molecule has 0 radical (unpaired) electrons. The predicted octanol–water partition coefficient (Wildman–Crippen LogP) is 1.17. The molecule has 2 heterocycles. The molecule has 0 saturated carbocycles. The number of nitro benzene ring substituents is 1. The van der Waals surface area contributed by atoms with Crippen LogP contribution in [0.3, 0.4) is 0 Å². The zero-order chi connectivity index (χ0) is 14.3. The fourth-order valence-corrected chi connectivity index (χ4v) is 3.05. The number of hydrogen-bond donors (Lipinski definition) is 1. The molecule has 20 heavy (non-hydrogen) atoms. The molecule has 0 aromatic heterocycles. The minimum absolute atomic E-state index is 0.0705. The van der Waals surface area contributed by atoms with Gasteiger partial charge in [-0.15, -0.1) is 0 Å². The van der Waals surface area contributed by atoms with Crippen LogP contribution < -0.4 is 5.32 Å². The Bertz CT molecular complexity index is 578. The van der Waals surface area contributed by atoms with Gasteiger partial charge >= 0.3 is 0 Å². The molecule has 106 valence electrons. The number of rotatable bonds is 2. The number of carbonyl (C=O) groups excluding carboxylic acids is 1. The summed E-state index contributed by atoms with van der Waals surface area (Å²) in [7, 11) is 0. The molecule has 1 aromatic carbocycles. The Labute approximate surface area is 114 Å². The fraction of sp³-hybridized carbons (Fsp3) is 0.462. The number of halogens is 1. The van der Waals surface area contributed by atoms with Gasteiger partial charge in [0.1, 0.15) is 5.82 Å². The molecular weight excluding hydrogens is 265 g/mol. The van der Waals surface area contributed by atoms with E-state index in [9.17, 15) is 19.3 Å². The standard InChI is InChI=1S/C13H14FN3O3/c14-11-2-1-9(17(19)20)5-10(11)13(18)16-4-3-8-6-15-7-12(8)16/h1-2,5,8,12,15H,3-4,6-7H2/t8-,12+/m0/s1. The molecule has 2 saturated heterocycles. The van der Waals surface area contributed by atoms with Gasteiger partial charge in [0, 0.05) is 37.8 Å². The number of nitro groups is 1. The zero-order valence-corrected chi connectivity index (χ0v) is 10.7. The molecule has 2 fully saturated rings. The predicted molar refractivity (Wildman–Crippen MR) is 68.9 cm³/mol. The second-order valence-corrected chi connectivity index (χ2v) is 5.19. The SMILES string of the molecule is O=C(c1cc([N+](=O)[O-])ccc1F)N1CC[C@H]2CNC[C@H]21. The van der Waals surface area contributed by atoms with Gasteiger partial charge < -0.3 is 10.2 Å². The average molecular weight is 279 g/mol. The number of fused-ring (bicyclic) bond motifs is 1. The lowest BCUT2D eigenvalue weighted by Crippen LogP contribution is -2.39. The van der Waals surface area contributed by atoms with Gasteiger partial charge in [0.15, 0.2) is 0 Å². The summed E-state index contributed by atoms with van der Waals surface area (Å²) in [6.45, 7) is 2.15. The van der Waals surface area contributed by atoms with E-state index in [1.807, 2.05) is 0 Å². The number of benzene rings is 1. The Morgan fingerprint density at radius 3 is 3.00 bits per heavy atom. The Balaban J connectivity index is 1.90. The van der Waals surface area contributed by atoms with E-state index in [1.54, 1.807) is 4.90 Å². The zero-order valence-electron chi connectivity index (χ0n) is 10.7. The van der Waals surface area contributed by atoms with E-state index in [0.717, 1.165) is 31.2 Å². The summed E-state index contributed by atoms with van der Waals surface area (Å²) >= 11 is 0. The number of likely N-dealkylation sites (tertiary alicyclic amines) is 1. The lowest BCUT2D eigenvalue weighted by Gasteiger charge is -2.23. The van der Waals surface area contributed by atoms with E-state index >= 15 is 0 Å². The minimum Gasteiger partial charge on any atom is -0.334 e. The van der Waals surface area contributed by atoms with E-state index < -0.39 is 16.6 Å². The van der Waals surface area contributed by atoms with E-state index in [2.05, 4.69) is 5.32 Å². The monoisotopic (exact) mass is 279 g/mol. The lowest BCUT2D eigenvalue weighted by molar-refractivity contribution is -0.384. The third kappa shape index (κ3) is 2.03. The van der Waals surface area contributed by atoms with Crippen LogP contribution in [-0.4, -0.2) is 41.4 Å². The number of non-ortho nitro benzene ring substituents is 1. The Kier molecular flexibility index (Phi) is 3.13. The lowest BCUT2D eigenvalue weighted by atomic mass is 10.0. The molecular formula is C13H14FN3O3. The van der Waals surface area contributed by atoms with E-state index in [0.29, 0.717) is 19.0 Å². The van der Waals surface area contributed by atoms with Crippen LogP contribution in [0, 0.1) is 21.8 Å². The molecule has 2 atom stereocenters. The third-order valence-corrected chi connectivity index (χ3v) is 4.10. The van der Waals surface area contributed by atoms with Gasteiger partial charge in [-0.25, -0.2) is 4.39 Å². The first-order chi connectivity index (χ1) is 9.58. The molecule has 7 heteroatoms. The molecule has 2 aliphatic heterocycles. The van der Waals surface area contributed by atoms with Crippen molar-refractivity contribution in [2.24, 2.45) is 5.92 Å². The highest BCUT2D eigenvalue weighted by molar-refractivity contribution is 5.95. The summed E-state index contributed by atoms with van der Waals surface area (Å²) < 4.78 is 13.8. The van der Waals surface area contributed by atoms with Crippen molar-refractivity contribution in [3.8, 4) is 0 Å². The quantitative estimate of drug-likeness (QED) is 0.651. The Morgan fingerprint density at radius 2 is 2.25 bits per heavy atom. The van der Waals surface area contributed by atoms with E-state index in [1.165, 1.54) is 0 Å². The molecule has 0 unspecified atom stereocenters. The first kappa shape index (κ1) is 13.0. The van der Waals surface area contributed by atoms with Crippen LogP contribution >= 0.6 is 0 Å². The van der Waals surface area contributed by atoms with Crippen molar-refractivity contribution in [3.05, 3.63) is 39.7 Å². The molecule has 2 aliphatic rings. The summed E-state index contributed by atoms with van der Waals surface area (Å²) in [5.74, 6) is -0.766. The van der Waals surface area contributed by atoms with Crippen molar-refractivity contribution in [3.63, 3.8) is 0 Å². The smallest absolute Gasteiger partial charge is 0.270 e. The van der Waals surface area contributed by atoms with Gasteiger partial charge in [0.05, 0.1) is 10.5 Å². The van der Waals surface area contributed by atoms with Gasteiger partial charge in [-0.1, -0.05) is 0 Å². The summed E-state index contributed by atoms with van der Waals surface area (Å²) in [6, 6.07) is 3.14. The van der Waals surface area contributed by atoms with Crippen LogP contribution in [0.15, 0.2) is 18.2 Å². The maximum Gasteiger partial charge on any atom is 0.270 e. The molecule has 1 N–H and O–H groups in total. The number of hydrogen-bond acceptors (Lipinski definition) is 4. The van der Waals surface area contributed by atoms with Gasteiger partial charge in [-0.05, 0) is 18.4 Å². The first-order valence-corrected chi connectivity index (χ1v) is 6.53. The maximum atomic E-state index is 13.8. The molecule has 1 aromatic rings. The highest BCUT2D eigenvalue weighted by Gasteiger charge is 2.40. The summed E-state index contributed by atoms with van der Waals surface area (Å²) in [5.41, 5.74) is -0.484. The number of nitrogens with zero attached hydrogens (tertiary/aromatic N) is 2. The largest absolute Gasteiger partial charge is 0.334 e. The average Bonchev–Trinajstić information content (AvgIpc) is 3.00. The second kappa shape index (κ2) is 4.82. The molecule has 0 bridgehead atoms. The van der Waals surface area contributed by atoms with Crippen molar-refractivity contribution in [2.75, 3.05) is 19.6 Å². The topological polar surface area (TPSA) is 75.5 Å². The summed E-state index contributed by atoms with van der Waals surface area (Å²) in [6.07, 6.45) is 0.889. The van der Waals surface area contributed by atoms with Crippen LogP contribution in [0.5, 0.6) is 0 Å². The number of amides is 1. The Hall–Kier alpha value is -2.02. The summed E-state index contributed by atoms with van der Waals surface area (Å²) in [4.78, 5) is 24.2. The van der Waals surface area contributed by atoms with Crippen molar-refractivity contribution in [1.82, 2.24) is 10.2 Å². The summed E-state index contributed by atoms with van der Waals surface area (Å²) in [5, 5.41) is 13.9. The fourth-order valence-electron chi connectivity index (χ4n) is 3.05. The first-order valence-electron chi connectivity index (χ1n) is 6.53.